The van der Waals surface area contributed by atoms with Crippen LogP contribution in [-0.4, -0.2) is 12.0 Å². The van der Waals surface area contributed by atoms with Crippen LogP contribution in [0.15, 0.2) is 150 Å². The van der Waals surface area contributed by atoms with Crippen molar-refractivity contribution in [3.05, 3.63) is 151 Å². The second-order valence-electron chi connectivity index (χ2n) is 11.8. The molecule has 1 aliphatic rings. The Morgan fingerprint density at radius 2 is 1.30 bits per heavy atom. The van der Waals surface area contributed by atoms with Gasteiger partial charge in [0, 0.05) is 44.4 Å². The lowest BCUT2D eigenvalue weighted by molar-refractivity contribution is 0.886. The first-order valence-electron chi connectivity index (χ1n) is 16.1. The van der Waals surface area contributed by atoms with Gasteiger partial charge in [-0.2, -0.15) is 0 Å². The lowest BCUT2D eigenvalue weighted by atomic mass is 9.99. The summed E-state index contributed by atoms with van der Waals surface area (Å²) in [5, 5.41) is 2.48. The largest absolute Gasteiger partial charge is 0.354 e. The molecule has 0 saturated heterocycles. The zero-order valence-electron chi connectivity index (χ0n) is 26.7. The summed E-state index contributed by atoms with van der Waals surface area (Å²) in [6, 6.07) is 47.8. The van der Waals surface area contributed by atoms with Gasteiger partial charge in [0.2, 0.25) is 0 Å². The van der Waals surface area contributed by atoms with Crippen LogP contribution in [0.3, 0.4) is 0 Å². The number of hydrogen-bond acceptors (Lipinski definition) is 2. The van der Waals surface area contributed by atoms with Crippen molar-refractivity contribution in [1.82, 2.24) is 4.98 Å². The van der Waals surface area contributed by atoms with E-state index in [-0.39, 0.29) is 0 Å². The molecular weight excluding hydrogens is 577 g/mol. The Labute approximate surface area is 276 Å². The van der Waals surface area contributed by atoms with Gasteiger partial charge in [0.1, 0.15) is 0 Å². The van der Waals surface area contributed by atoms with Crippen molar-refractivity contribution < 1.29 is 0 Å². The van der Waals surface area contributed by atoms with E-state index in [1.54, 1.807) is 11.8 Å². The van der Waals surface area contributed by atoms with Crippen LogP contribution in [0.1, 0.15) is 37.8 Å². The Bertz CT molecular complexity index is 2170. The van der Waals surface area contributed by atoms with Crippen LogP contribution in [-0.2, 0) is 0 Å². The number of anilines is 2. The summed E-state index contributed by atoms with van der Waals surface area (Å²) < 4.78 is 0. The molecule has 0 amide bonds. The Kier molecular flexibility index (Phi) is 8.26. The molecule has 3 heteroatoms. The number of fused-ring (bicyclic) bond motifs is 7. The minimum absolute atomic E-state index is 1.10. The van der Waals surface area contributed by atoms with E-state index in [9.17, 15) is 0 Å². The van der Waals surface area contributed by atoms with Crippen LogP contribution in [0.5, 0.6) is 0 Å². The number of para-hydroxylation sites is 1. The highest BCUT2D eigenvalue weighted by molar-refractivity contribution is 7.99. The van der Waals surface area contributed by atoms with Crippen LogP contribution in [0.4, 0.5) is 11.4 Å². The number of hydrogen-bond donors (Lipinski definition) is 1. The summed E-state index contributed by atoms with van der Waals surface area (Å²) >= 11 is 1.79. The molecule has 0 unspecified atom stereocenters. The minimum Gasteiger partial charge on any atom is -0.354 e. The first-order chi connectivity index (χ1) is 22.6. The maximum Gasteiger partial charge on any atom is 0.0550 e. The summed E-state index contributed by atoms with van der Waals surface area (Å²) in [6.07, 6.45) is 2.64. The smallest absolute Gasteiger partial charge is 0.0550 e. The van der Waals surface area contributed by atoms with Crippen LogP contribution in [0.2, 0.25) is 0 Å². The molecule has 1 N–H and O–H groups in total. The number of nitrogens with zero attached hydrogens (tertiary/aromatic N) is 1. The van der Waals surface area contributed by atoms with Gasteiger partial charge in [-0.05, 0) is 81.9 Å². The third-order valence-corrected chi connectivity index (χ3v) is 9.98. The van der Waals surface area contributed by atoms with Crippen molar-refractivity contribution >= 4 is 50.5 Å². The maximum atomic E-state index is 4.47. The van der Waals surface area contributed by atoms with E-state index >= 15 is 0 Å². The number of unbranched alkanes of at least 4 members (excludes halogenated alkanes) is 1. The van der Waals surface area contributed by atoms with E-state index in [0.29, 0.717) is 0 Å². The molecule has 0 bridgehead atoms. The summed E-state index contributed by atoms with van der Waals surface area (Å²) in [5.41, 5.74) is 13.2. The summed E-state index contributed by atoms with van der Waals surface area (Å²) in [7, 11) is 2.14. The fraction of sp³-hybridized carbons (Fsp3) is 0.116. The predicted molar refractivity (Wildman–Crippen MR) is 200 cm³/mol. The first kappa shape index (κ1) is 29.7. The highest BCUT2D eigenvalue weighted by Crippen LogP contribution is 2.47. The number of H-pyrrole nitrogens is 1. The van der Waals surface area contributed by atoms with Crippen molar-refractivity contribution in [2.45, 2.75) is 36.5 Å². The van der Waals surface area contributed by atoms with Gasteiger partial charge in [-0.15, -0.1) is 0 Å². The second-order valence-corrected chi connectivity index (χ2v) is 12.9. The van der Waals surface area contributed by atoms with Crippen molar-refractivity contribution in [2.24, 2.45) is 0 Å². The van der Waals surface area contributed by atoms with Gasteiger partial charge in [-0.1, -0.05) is 130 Å². The molecular formula is C43H38N2S. The van der Waals surface area contributed by atoms with Gasteiger partial charge >= 0.3 is 0 Å². The van der Waals surface area contributed by atoms with E-state index in [2.05, 4.69) is 171 Å². The summed E-state index contributed by atoms with van der Waals surface area (Å²) in [5.74, 6) is 0. The highest BCUT2D eigenvalue weighted by atomic mass is 32.2. The van der Waals surface area contributed by atoms with E-state index in [4.69, 9.17) is 0 Å². The number of benzene rings is 6. The zero-order valence-corrected chi connectivity index (χ0v) is 27.5. The van der Waals surface area contributed by atoms with Gasteiger partial charge < -0.3 is 9.88 Å². The molecule has 1 heterocycles. The predicted octanol–water partition coefficient (Wildman–Crippen LogP) is 12.8. The van der Waals surface area contributed by atoms with Crippen LogP contribution in [0, 0.1) is 0 Å². The molecule has 0 radical (unpaired) electrons. The standard InChI is InChI=1S/C39H28N2S.C4H10/c1-25-30-12-6-7-13-31(30)32-21-22-33-34-24-27(18-23-35(34)40-39(33)38(25)32)26-16-19-28(20-17-26)41(2)36-14-8-9-15-37(36)42-29-10-4-3-5-11-29;1-3-4-2/h3-24,40H,1H2,2H3;3-4H2,1-2H3. The second kappa shape index (κ2) is 12.8. The molecule has 1 aliphatic carbocycles. The van der Waals surface area contributed by atoms with E-state index in [1.165, 1.54) is 78.0 Å². The summed E-state index contributed by atoms with van der Waals surface area (Å²) in [6.45, 7) is 8.83. The number of aromatic amines is 1. The van der Waals surface area contributed by atoms with E-state index in [1.807, 2.05) is 0 Å². The molecule has 46 heavy (non-hydrogen) atoms. The molecule has 7 aromatic rings. The topological polar surface area (TPSA) is 19.0 Å². The quantitative estimate of drug-likeness (QED) is 0.201. The monoisotopic (exact) mass is 614 g/mol. The molecule has 8 rings (SSSR count). The molecule has 6 aromatic carbocycles. The SMILES string of the molecule is C=C1c2ccccc2-c2ccc3c([nH]c4ccc(-c5ccc(N(C)c6ccccc6Sc6ccccc6)cc5)cc43)c21.CCCC. The van der Waals surface area contributed by atoms with Gasteiger partial charge in [0.25, 0.3) is 0 Å². The van der Waals surface area contributed by atoms with Crippen LogP contribution in [0.25, 0.3) is 49.6 Å². The Morgan fingerprint density at radius 1 is 0.630 bits per heavy atom. The van der Waals surface area contributed by atoms with E-state index in [0.717, 1.165) is 16.8 Å². The Morgan fingerprint density at radius 3 is 2.07 bits per heavy atom. The molecule has 1 aromatic heterocycles. The maximum absolute atomic E-state index is 4.47. The Hall–Kier alpha value is -4.99. The Balaban J connectivity index is 0.000000801. The van der Waals surface area contributed by atoms with Gasteiger partial charge in [0.05, 0.1) is 11.2 Å². The minimum atomic E-state index is 1.10. The zero-order chi connectivity index (χ0) is 31.6. The van der Waals surface area contributed by atoms with Gasteiger partial charge in [0.15, 0.2) is 0 Å². The van der Waals surface area contributed by atoms with Crippen molar-refractivity contribution in [1.29, 1.82) is 0 Å². The third kappa shape index (κ3) is 5.42. The van der Waals surface area contributed by atoms with Crippen LogP contribution >= 0.6 is 11.8 Å². The van der Waals surface area contributed by atoms with Crippen molar-refractivity contribution in [3.63, 3.8) is 0 Å². The number of aromatic nitrogens is 1. The normalized spacial score (nSPS) is 11.7. The van der Waals surface area contributed by atoms with Gasteiger partial charge in [-0.25, -0.2) is 0 Å². The molecule has 0 fully saturated rings. The summed E-state index contributed by atoms with van der Waals surface area (Å²) in [4.78, 5) is 8.45. The van der Waals surface area contributed by atoms with Crippen molar-refractivity contribution in [3.8, 4) is 22.3 Å². The number of rotatable bonds is 6. The average Bonchev–Trinajstić information content (AvgIpc) is 3.63. The lowest BCUT2D eigenvalue weighted by Crippen LogP contribution is -2.10. The lowest BCUT2D eigenvalue weighted by Gasteiger charge is -2.22. The molecule has 2 nitrogen and oxygen atoms in total. The fourth-order valence-corrected chi connectivity index (χ4v) is 7.26. The molecule has 0 spiro atoms. The van der Waals surface area contributed by atoms with Crippen molar-refractivity contribution in [2.75, 3.05) is 11.9 Å². The third-order valence-electron chi connectivity index (χ3n) is 8.90. The van der Waals surface area contributed by atoms with Gasteiger partial charge in [-0.3, -0.25) is 0 Å². The average molecular weight is 615 g/mol. The molecule has 0 atom stereocenters. The number of nitrogens with one attached hydrogen (secondary N) is 1. The van der Waals surface area contributed by atoms with Crippen LogP contribution < -0.4 is 4.90 Å². The first-order valence-corrected chi connectivity index (χ1v) is 16.9. The molecule has 226 valence electrons. The highest BCUT2D eigenvalue weighted by Gasteiger charge is 2.25. The molecule has 0 saturated carbocycles. The molecule has 0 aliphatic heterocycles. The van der Waals surface area contributed by atoms with E-state index < -0.39 is 0 Å². The fourth-order valence-electron chi connectivity index (χ4n) is 6.25.